The van der Waals surface area contributed by atoms with Gasteiger partial charge in [0.2, 0.25) is 0 Å². The molecule has 1 unspecified atom stereocenters. The molecule has 6 nitrogen and oxygen atoms in total. The van der Waals surface area contributed by atoms with Gasteiger partial charge in [-0.2, -0.15) is 0 Å². The lowest BCUT2D eigenvalue weighted by Gasteiger charge is -2.30. The summed E-state index contributed by atoms with van der Waals surface area (Å²) in [6.45, 7) is 9.69. The van der Waals surface area contributed by atoms with Crippen LogP contribution in [0, 0.1) is 5.92 Å². The van der Waals surface area contributed by atoms with Crippen LogP contribution in [0.15, 0.2) is 0 Å². The Labute approximate surface area is 113 Å². The van der Waals surface area contributed by atoms with Crippen molar-refractivity contribution in [1.29, 1.82) is 0 Å². The summed E-state index contributed by atoms with van der Waals surface area (Å²) in [5, 5.41) is 11.5. The van der Waals surface area contributed by atoms with E-state index >= 15 is 0 Å². The van der Waals surface area contributed by atoms with Crippen molar-refractivity contribution in [3.63, 3.8) is 0 Å². The van der Waals surface area contributed by atoms with Crippen LogP contribution in [0.1, 0.15) is 48.0 Å². The summed E-state index contributed by atoms with van der Waals surface area (Å²) in [6.07, 6.45) is -0.954. The number of carbonyl (C=O) groups excluding carboxylic acids is 2. The molecular formula is C13H23NO5. The summed E-state index contributed by atoms with van der Waals surface area (Å²) < 4.78 is 5.01. The van der Waals surface area contributed by atoms with Gasteiger partial charge in [-0.05, 0) is 27.2 Å². The molecule has 0 fully saturated rings. The first-order valence-corrected chi connectivity index (χ1v) is 6.25. The zero-order valence-electron chi connectivity index (χ0n) is 12.4. The maximum absolute atomic E-state index is 12.1. The maximum Gasteiger partial charge on any atom is 0.408 e. The number of aliphatic carboxylic acids is 1. The highest BCUT2D eigenvalue weighted by molar-refractivity contribution is 6.10. The smallest absolute Gasteiger partial charge is 0.408 e. The van der Waals surface area contributed by atoms with Gasteiger partial charge < -0.3 is 9.84 Å². The Kier molecular flexibility index (Phi) is 5.53. The third-order valence-electron chi connectivity index (χ3n) is 2.55. The Morgan fingerprint density at radius 1 is 1.21 bits per heavy atom. The summed E-state index contributed by atoms with van der Waals surface area (Å²) >= 11 is 0. The van der Waals surface area contributed by atoms with Crippen molar-refractivity contribution in [2.24, 2.45) is 5.92 Å². The monoisotopic (exact) mass is 273 g/mol. The van der Waals surface area contributed by atoms with Gasteiger partial charge in [0.05, 0.1) is 0 Å². The highest BCUT2D eigenvalue weighted by Gasteiger charge is 2.47. The van der Waals surface area contributed by atoms with Gasteiger partial charge in [-0.25, -0.2) is 9.59 Å². The predicted octanol–water partition coefficient (Wildman–Crippen LogP) is 1.97. The van der Waals surface area contributed by atoms with Crippen LogP contribution in [-0.4, -0.2) is 34.1 Å². The summed E-state index contributed by atoms with van der Waals surface area (Å²) in [5.74, 6) is -2.43. The molecular weight excluding hydrogens is 250 g/mol. The van der Waals surface area contributed by atoms with E-state index in [0.29, 0.717) is 0 Å². The summed E-state index contributed by atoms with van der Waals surface area (Å²) in [6, 6.07) is 0. The molecule has 110 valence electrons. The lowest BCUT2D eigenvalue weighted by molar-refractivity contribution is -0.151. The first-order valence-electron chi connectivity index (χ1n) is 6.25. The lowest BCUT2D eigenvalue weighted by atomic mass is 9.85. The van der Waals surface area contributed by atoms with Crippen molar-refractivity contribution < 1.29 is 24.2 Å². The van der Waals surface area contributed by atoms with Crippen LogP contribution < -0.4 is 5.32 Å². The van der Waals surface area contributed by atoms with Gasteiger partial charge in [-0.1, -0.05) is 20.8 Å². The molecule has 0 aliphatic heterocycles. The minimum absolute atomic E-state index is 0.0431. The molecule has 0 aromatic carbocycles. The summed E-state index contributed by atoms with van der Waals surface area (Å²) in [4.78, 5) is 35.2. The Morgan fingerprint density at radius 3 is 1.95 bits per heavy atom. The summed E-state index contributed by atoms with van der Waals surface area (Å²) in [5.41, 5.74) is -2.69. The van der Waals surface area contributed by atoms with Crippen LogP contribution in [0.3, 0.4) is 0 Å². The van der Waals surface area contributed by atoms with E-state index < -0.39 is 34.9 Å². The molecule has 6 heteroatoms. The SMILES string of the molecule is CCC(NC(=O)OC(C)(C)C)(C(=O)O)C(=O)C(C)C. The van der Waals surface area contributed by atoms with Crippen LogP contribution >= 0.6 is 0 Å². The number of carboxylic acid groups (broad SMARTS) is 1. The Morgan fingerprint density at radius 2 is 1.68 bits per heavy atom. The standard InChI is InChI=1S/C13H23NO5/c1-7-13(10(16)17,9(15)8(2)3)14-11(18)19-12(4,5)6/h8H,7H2,1-6H3,(H,14,18)(H,16,17). The van der Waals surface area contributed by atoms with Gasteiger partial charge in [-0.15, -0.1) is 0 Å². The molecule has 1 atom stereocenters. The highest BCUT2D eigenvalue weighted by atomic mass is 16.6. The minimum atomic E-state index is -1.93. The first-order chi connectivity index (χ1) is 8.46. The second kappa shape index (κ2) is 6.04. The normalized spacial score (nSPS) is 14.7. The van der Waals surface area contributed by atoms with Crippen LogP contribution in [0.4, 0.5) is 4.79 Å². The molecule has 0 heterocycles. The largest absolute Gasteiger partial charge is 0.479 e. The molecule has 19 heavy (non-hydrogen) atoms. The van der Waals surface area contributed by atoms with Crippen molar-refractivity contribution in [1.82, 2.24) is 5.32 Å². The molecule has 0 aliphatic carbocycles. The van der Waals surface area contributed by atoms with E-state index in [9.17, 15) is 19.5 Å². The van der Waals surface area contributed by atoms with E-state index in [1.807, 2.05) is 0 Å². The number of ether oxygens (including phenoxy) is 1. The number of rotatable bonds is 5. The Balaban J connectivity index is 5.24. The molecule has 0 saturated heterocycles. The fourth-order valence-corrected chi connectivity index (χ4v) is 1.60. The number of Topliss-reactive ketones (excluding diaryl/α,β-unsaturated/α-hetero) is 1. The van der Waals surface area contributed by atoms with Gasteiger partial charge >= 0.3 is 12.1 Å². The molecule has 1 amide bonds. The van der Waals surface area contributed by atoms with Gasteiger partial charge in [0.1, 0.15) is 5.60 Å². The van der Waals surface area contributed by atoms with Crippen molar-refractivity contribution >= 4 is 17.8 Å². The number of carbonyl (C=O) groups is 3. The van der Waals surface area contributed by atoms with E-state index in [2.05, 4.69) is 5.32 Å². The lowest BCUT2D eigenvalue weighted by Crippen LogP contribution is -2.61. The van der Waals surface area contributed by atoms with Crippen molar-refractivity contribution in [2.45, 2.75) is 59.1 Å². The third-order valence-corrected chi connectivity index (χ3v) is 2.55. The van der Waals surface area contributed by atoms with Gasteiger partial charge in [0.15, 0.2) is 11.3 Å². The third kappa shape index (κ3) is 4.54. The number of hydrogen-bond donors (Lipinski definition) is 2. The highest BCUT2D eigenvalue weighted by Crippen LogP contribution is 2.19. The minimum Gasteiger partial charge on any atom is -0.479 e. The van der Waals surface area contributed by atoms with Gasteiger partial charge in [-0.3, -0.25) is 10.1 Å². The number of alkyl carbamates (subject to hydrolysis) is 1. The van der Waals surface area contributed by atoms with Crippen LogP contribution in [-0.2, 0) is 14.3 Å². The zero-order valence-corrected chi connectivity index (χ0v) is 12.4. The molecule has 0 bridgehead atoms. The quantitative estimate of drug-likeness (QED) is 0.747. The van der Waals surface area contributed by atoms with Crippen LogP contribution in [0.25, 0.3) is 0 Å². The van der Waals surface area contributed by atoms with Crippen LogP contribution in [0.5, 0.6) is 0 Å². The van der Waals surface area contributed by atoms with E-state index in [1.54, 1.807) is 34.6 Å². The summed E-state index contributed by atoms with van der Waals surface area (Å²) in [7, 11) is 0. The fourth-order valence-electron chi connectivity index (χ4n) is 1.60. The van der Waals surface area contributed by atoms with E-state index in [-0.39, 0.29) is 6.42 Å². The van der Waals surface area contributed by atoms with E-state index in [4.69, 9.17) is 4.74 Å². The van der Waals surface area contributed by atoms with E-state index in [1.165, 1.54) is 6.92 Å². The average Bonchev–Trinajstić information content (AvgIpc) is 2.21. The number of amides is 1. The van der Waals surface area contributed by atoms with Crippen molar-refractivity contribution in [2.75, 3.05) is 0 Å². The first kappa shape index (κ1) is 17.4. The van der Waals surface area contributed by atoms with Gasteiger partial charge in [0.25, 0.3) is 0 Å². The molecule has 0 aliphatic rings. The number of ketones is 1. The van der Waals surface area contributed by atoms with E-state index in [0.717, 1.165) is 0 Å². The second-order valence-corrected chi connectivity index (χ2v) is 5.71. The van der Waals surface area contributed by atoms with Gasteiger partial charge in [0, 0.05) is 5.92 Å². The van der Waals surface area contributed by atoms with Crippen molar-refractivity contribution in [3.8, 4) is 0 Å². The molecule has 0 saturated carbocycles. The number of nitrogens with one attached hydrogen (secondary N) is 1. The number of hydrogen-bond acceptors (Lipinski definition) is 4. The number of carboxylic acids is 1. The molecule has 0 aromatic rings. The average molecular weight is 273 g/mol. The molecule has 2 N–H and O–H groups in total. The fraction of sp³-hybridized carbons (Fsp3) is 0.769. The molecule has 0 rings (SSSR count). The molecule has 0 spiro atoms. The Hall–Kier alpha value is -1.59. The second-order valence-electron chi connectivity index (χ2n) is 5.71. The van der Waals surface area contributed by atoms with Crippen molar-refractivity contribution in [3.05, 3.63) is 0 Å². The maximum atomic E-state index is 12.1. The van der Waals surface area contributed by atoms with Crippen LogP contribution in [0.2, 0.25) is 0 Å². The zero-order chi connectivity index (χ0) is 15.4. The Bertz CT molecular complexity index is 370. The molecule has 0 radical (unpaired) electrons. The molecule has 0 aromatic heterocycles. The topological polar surface area (TPSA) is 92.7 Å². The predicted molar refractivity (Wildman–Crippen MR) is 69.9 cm³/mol.